The highest BCUT2D eigenvalue weighted by Gasteiger charge is 2.21. The number of alkyl halides is 1. The van der Waals surface area contributed by atoms with Gasteiger partial charge in [-0.3, -0.25) is 4.79 Å². The highest BCUT2D eigenvalue weighted by atomic mass is 35.5. The molecule has 0 N–H and O–H groups in total. The molecule has 98 valence electrons. The molecule has 1 aliphatic carbocycles. The van der Waals surface area contributed by atoms with Gasteiger partial charge in [0.15, 0.2) is 5.78 Å². The molecular formula is C15H25ClO. The van der Waals surface area contributed by atoms with Gasteiger partial charge in [-0.25, -0.2) is 0 Å². The van der Waals surface area contributed by atoms with Crippen molar-refractivity contribution in [3.63, 3.8) is 0 Å². The number of unbranched alkanes of at least 4 members (excludes halogenated alkanes) is 4. The molecule has 0 heterocycles. The molecule has 0 amide bonds. The number of carbonyl (C=O) groups excluding carboxylic acids is 1. The molecule has 0 radical (unpaired) electrons. The molecule has 2 heteroatoms. The van der Waals surface area contributed by atoms with Crippen molar-refractivity contribution >= 4 is 17.4 Å². The van der Waals surface area contributed by atoms with Gasteiger partial charge in [0.05, 0.1) is 0 Å². The zero-order valence-electron chi connectivity index (χ0n) is 11.1. The predicted octanol–water partition coefficient (Wildman–Crippen LogP) is 5.03. The summed E-state index contributed by atoms with van der Waals surface area (Å²) in [6.45, 7) is 2.23. The number of hydrogen-bond donors (Lipinski definition) is 0. The van der Waals surface area contributed by atoms with Gasteiger partial charge in [-0.15, -0.1) is 11.6 Å². The molecule has 0 spiro atoms. The number of ketones is 1. The zero-order valence-corrected chi connectivity index (χ0v) is 11.8. The molecule has 1 aliphatic rings. The first-order valence-corrected chi connectivity index (χ1v) is 7.63. The Labute approximate surface area is 111 Å². The second kappa shape index (κ2) is 8.74. The Balaban J connectivity index is 2.37. The van der Waals surface area contributed by atoms with Crippen molar-refractivity contribution in [1.82, 2.24) is 0 Å². The molecule has 0 atom stereocenters. The molecule has 17 heavy (non-hydrogen) atoms. The fourth-order valence-electron chi connectivity index (χ4n) is 2.52. The quantitative estimate of drug-likeness (QED) is 0.418. The maximum Gasteiger partial charge on any atom is 0.159 e. The third-order valence-corrected chi connectivity index (χ3v) is 3.83. The first kappa shape index (κ1) is 14.8. The SMILES string of the molecule is CCCCCCC1=C(CCCCCl)C(=O)CC1. The minimum absolute atomic E-state index is 0.407. The highest BCUT2D eigenvalue weighted by molar-refractivity contribution is 6.17. The van der Waals surface area contributed by atoms with Gasteiger partial charge in [-0.05, 0) is 44.1 Å². The average molecular weight is 257 g/mol. The van der Waals surface area contributed by atoms with Crippen molar-refractivity contribution in [2.45, 2.75) is 71.1 Å². The number of carbonyl (C=O) groups is 1. The second-order valence-corrected chi connectivity index (χ2v) is 5.34. The molecule has 1 nitrogen and oxygen atoms in total. The van der Waals surface area contributed by atoms with Crippen LogP contribution in [0.4, 0.5) is 0 Å². The van der Waals surface area contributed by atoms with Crippen LogP contribution in [0.1, 0.15) is 71.1 Å². The lowest BCUT2D eigenvalue weighted by atomic mass is 9.99. The summed E-state index contributed by atoms with van der Waals surface area (Å²) < 4.78 is 0. The lowest BCUT2D eigenvalue weighted by Gasteiger charge is -2.06. The Morgan fingerprint density at radius 1 is 1.00 bits per heavy atom. The standard InChI is InChI=1S/C15H25ClO/c1-2-3-4-5-8-13-10-11-15(17)14(13)9-6-7-12-16/h2-12H2,1H3. The van der Waals surface area contributed by atoms with E-state index in [9.17, 15) is 4.79 Å². The summed E-state index contributed by atoms with van der Waals surface area (Å²) in [4.78, 5) is 11.8. The normalized spacial score (nSPS) is 16.0. The topological polar surface area (TPSA) is 17.1 Å². The fourth-order valence-corrected chi connectivity index (χ4v) is 2.71. The van der Waals surface area contributed by atoms with Crippen molar-refractivity contribution in [2.75, 3.05) is 5.88 Å². The van der Waals surface area contributed by atoms with Crippen LogP contribution in [0, 0.1) is 0 Å². The number of hydrogen-bond acceptors (Lipinski definition) is 1. The summed E-state index contributed by atoms with van der Waals surface area (Å²) in [5.41, 5.74) is 2.62. The van der Waals surface area contributed by atoms with Crippen molar-refractivity contribution < 1.29 is 4.79 Å². The van der Waals surface area contributed by atoms with Crippen molar-refractivity contribution in [2.24, 2.45) is 0 Å². The Bertz CT molecular complexity index is 268. The van der Waals surface area contributed by atoms with E-state index in [1.165, 1.54) is 31.3 Å². The van der Waals surface area contributed by atoms with Crippen LogP contribution in [0.3, 0.4) is 0 Å². The predicted molar refractivity (Wildman–Crippen MR) is 74.6 cm³/mol. The molecular weight excluding hydrogens is 232 g/mol. The third-order valence-electron chi connectivity index (χ3n) is 3.56. The molecule has 0 aromatic rings. The summed E-state index contributed by atoms with van der Waals surface area (Å²) >= 11 is 5.68. The van der Waals surface area contributed by atoms with Crippen LogP contribution in [-0.4, -0.2) is 11.7 Å². The van der Waals surface area contributed by atoms with Crippen LogP contribution >= 0.6 is 11.6 Å². The van der Waals surface area contributed by atoms with E-state index < -0.39 is 0 Å². The van der Waals surface area contributed by atoms with E-state index in [-0.39, 0.29) is 0 Å². The molecule has 0 unspecified atom stereocenters. The summed E-state index contributed by atoms with van der Waals surface area (Å²) in [5.74, 6) is 1.12. The Kier molecular flexibility index (Phi) is 7.59. The first-order chi connectivity index (χ1) is 8.29. The minimum Gasteiger partial charge on any atom is -0.295 e. The van der Waals surface area contributed by atoms with Gasteiger partial charge in [-0.2, -0.15) is 0 Å². The van der Waals surface area contributed by atoms with Gasteiger partial charge in [0.2, 0.25) is 0 Å². The molecule has 1 rings (SSSR count). The van der Waals surface area contributed by atoms with E-state index >= 15 is 0 Å². The smallest absolute Gasteiger partial charge is 0.159 e. The molecule has 0 aromatic heterocycles. The van der Waals surface area contributed by atoms with Gasteiger partial charge in [0, 0.05) is 12.3 Å². The summed E-state index contributed by atoms with van der Waals surface area (Å²) in [7, 11) is 0. The number of allylic oxidation sites excluding steroid dienone is 2. The Hall–Kier alpha value is -0.300. The van der Waals surface area contributed by atoms with Gasteiger partial charge in [0.1, 0.15) is 0 Å². The van der Waals surface area contributed by atoms with Crippen LogP contribution in [0.15, 0.2) is 11.1 Å². The van der Waals surface area contributed by atoms with Gasteiger partial charge >= 0.3 is 0 Å². The Morgan fingerprint density at radius 3 is 2.47 bits per heavy atom. The van der Waals surface area contributed by atoms with Crippen LogP contribution in [0.5, 0.6) is 0 Å². The van der Waals surface area contributed by atoms with E-state index in [0.29, 0.717) is 11.7 Å². The molecule has 0 saturated carbocycles. The lowest BCUT2D eigenvalue weighted by Crippen LogP contribution is -1.97. The lowest BCUT2D eigenvalue weighted by molar-refractivity contribution is -0.115. The summed E-state index contributed by atoms with van der Waals surface area (Å²) in [6, 6.07) is 0. The van der Waals surface area contributed by atoms with Crippen molar-refractivity contribution in [1.29, 1.82) is 0 Å². The number of rotatable bonds is 9. The molecule has 0 saturated heterocycles. The van der Waals surface area contributed by atoms with Gasteiger partial charge in [0.25, 0.3) is 0 Å². The van der Waals surface area contributed by atoms with E-state index in [1.807, 2.05) is 0 Å². The van der Waals surface area contributed by atoms with Crippen molar-refractivity contribution in [3.8, 4) is 0 Å². The van der Waals surface area contributed by atoms with E-state index in [2.05, 4.69) is 6.92 Å². The summed E-state index contributed by atoms with van der Waals surface area (Å²) in [6.07, 6.45) is 11.2. The van der Waals surface area contributed by atoms with Crippen molar-refractivity contribution in [3.05, 3.63) is 11.1 Å². The monoisotopic (exact) mass is 256 g/mol. The summed E-state index contributed by atoms with van der Waals surface area (Å²) in [5, 5.41) is 0. The minimum atomic E-state index is 0.407. The molecule has 0 bridgehead atoms. The maximum absolute atomic E-state index is 11.8. The largest absolute Gasteiger partial charge is 0.295 e. The maximum atomic E-state index is 11.8. The van der Waals surface area contributed by atoms with Gasteiger partial charge < -0.3 is 0 Å². The van der Waals surface area contributed by atoms with Crippen LogP contribution < -0.4 is 0 Å². The van der Waals surface area contributed by atoms with Crippen LogP contribution in [0.2, 0.25) is 0 Å². The molecule has 0 fully saturated rings. The average Bonchev–Trinajstić information content (AvgIpc) is 2.67. The molecule has 0 aliphatic heterocycles. The highest BCUT2D eigenvalue weighted by Crippen LogP contribution is 2.30. The third kappa shape index (κ3) is 5.25. The fraction of sp³-hybridized carbons (Fsp3) is 0.800. The zero-order chi connectivity index (χ0) is 12.5. The first-order valence-electron chi connectivity index (χ1n) is 7.09. The van der Waals surface area contributed by atoms with E-state index in [1.54, 1.807) is 0 Å². The van der Waals surface area contributed by atoms with E-state index in [0.717, 1.165) is 44.1 Å². The number of Topliss-reactive ketones (excluding diaryl/α,β-unsaturated/α-hetero) is 1. The van der Waals surface area contributed by atoms with Crippen LogP contribution in [-0.2, 0) is 4.79 Å². The molecule has 0 aromatic carbocycles. The van der Waals surface area contributed by atoms with Crippen LogP contribution in [0.25, 0.3) is 0 Å². The van der Waals surface area contributed by atoms with E-state index in [4.69, 9.17) is 11.6 Å². The Morgan fingerprint density at radius 2 is 1.76 bits per heavy atom. The second-order valence-electron chi connectivity index (χ2n) is 4.96. The number of halogens is 1. The van der Waals surface area contributed by atoms with Gasteiger partial charge in [-0.1, -0.05) is 31.8 Å².